The molecule has 7 heteroatoms. The quantitative estimate of drug-likeness (QED) is 0.682. The van der Waals surface area contributed by atoms with Crippen molar-refractivity contribution in [1.82, 2.24) is 15.5 Å². The van der Waals surface area contributed by atoms with Crippen LogP contribution < -0.4 is 10.1 Å². The Labute approximate surface area is 156 Å². The van der Waals surface area contributed by atoms with E-state index in [-0.39, 0.29) is 12.5 Å². The molecule has 1 N–H and O–H groups in total. The summed E-state index contributed by atoms with van der Waals surface area (Å²) >= 11 is 1.53. The topological polar surface area (TPSA) is 77.2 Å². The summed E-state index contributed by atoms with van der Waals surface area (Å²) in [5, 5.41) is 8.68. The van der Waals surface area contributed by atoms with Crippen molar-refractivity contribution in [2.75, 3.05) is 0 Å². The molecular formula is C19H21N3O3S. The Hall–Kier alpha value is -2.67. The molecule has 6 nitrogen and oxygen atoms in total. The van der Waals surface area contributed by atoms with Crippen LogP contribution in [0, 0.1) is 13.8 Å². The van der Waals surface area contributed by atoms with E-state index in [2.05, 4.69) is 21.5 Å². The van der Waals surface area contributed by atoms with Crippen molar-refractivity contribution in [3.05, 3.63) is 52.7 Å². The lowest BCUT2D eigenvalue weighted by atomic mass is 10.1. The fraction of sp³-hybridized carbons (Fsp3) is 0.316. The number of benzene rings is 1. The maximum Gasteiger partial charge on any atom is 0.261 e. The highest BCUT2D eigenvalue weighted by Crippen LogP contribution is 2.21. The van der Waals surface area contributed by atoms with E-state index in [1.54, 1.807) is 0 Å². The number of aryl methyl sites for hydroxylation is 2. The van der Waals surface area contributed by atoms with Crippen molar-refractivity contribution >= 4 is 17.2 Å². The monoisotopic (exact) mass is 371 g/mol. The predicted octanol–water partition coefficient (Wildman–Crippen LogP) is 3.89. The molecule has 26 heavy (non-hydrogen) atoms. The molecule has 0 unspecified atom stereocenters. The second-order valence-electron chi connectivity index (χ2n) is 6.04. The number of rotatable bonds is 7. The molecule has 2 aromatic heterocycles. The Bertz CT molecular complexity index is 854. The number of ether oxygens (including phenoxy) is 1. The Morgan fingerprint density at radius 3 is 2.73 bits per heavy atom. The zero-order valence-corrected chi connectivity index (χ0v) is 15.8. The first-order valence-electron chi connectivity index (χ1n) is 8.44. The van der Waals surface area contributed by atoms with Gasteiger partial charge in [-0.15, -0.1) is 11.3 Å². The van der Waals surface area contributed by atoms with E-state index >= 15 is 0 Å². The second-order valence-corrected chi connectivity index (χ2v) is 6.99. The van der Waals surface area contributed by atoms with Crippen molar-refractivity contribution in [1.29, 1.82) is 0 Å². The molecule has 3 rings (SSSR count). The van der Waals surface area contributed by atoms with Crippen molar-refractivity contribution in [2.45, 2.75) is 39.8 Å². The first-order valence-corrected chi connectivity index (χ1v) is 9.32. The van der Waals surface area contributed by atoms with Crippen LogP contribution in [0.2, 0.25) is 0 Å². The average molecular weight is 371 g/mol. The van der Waals surface area contributed by atoms with Gasteiger partial charge in [0.15, 0.2) is 6.10 Å². The number of hydrogen-bond donors (Lipinski definition) is 1. The molecule has 2 heterocycles. The van der Waals surface area contributed by atoms with Crippen molar-refractivity contribution < 1.29 is 14.1 Å². The van der Waals surface area contributed by atoms with Gasteiger partial charge in [0.05, 0.1) is 11.4 Å². The van der Waals surface area contributed by atoms with E-state index in [1.165, 1.54) is 11.3 Å². The number of thiophene rings is 1. The van der Waals surface area contributed by atoms with E-state index < -0.39 is 6.10 Å². The summed E-state index contributed by atoms with van der Waals surface area (Å²) in [7, 11) is 0. The maximum atomic E-state index is 12.4. The van der Waals surface area contributed by atoms with Gasteiger partial charge in [-0.2, -0.15) is 4.98 Å². The molecule has 1 aromatic carbocycles. The van der Waals surface area contributed by atoms with E-state index in [4.69, 9.17) is 9.26 Å². The first kappa shape index (κ1) is 18.1. The summed E-state index contributed by atoms with van der Waals surface area (Å²) < 4.78 is 11.1. The van der Waals surface area contributed by atoms with Gasteiger partial charge >= 0.3 is 0 Å². The van der Waals surface area contributed by atoms with Crippen LogP contribution in [0.4, 0.5) is 0 Å². The van der Waals surface area contributed by atoms with Crippen LogP contribution in [0.15, 0.2) is 40.2 Å². The zero-order chi connectivity index (χ0) is 18.5. The highest BCUT2D eigenvalue weighted by atomic mass is 32.1. The molecule has 0 fully saturated rings. The predicted molar refractivity (Wildman–Crippen MR) is 100 cm³/mol. The summed E-state index contributed by atoms with van der Waals surface area (Å²) in [6.45, 7) is 6.09. The highest BCUT2D eigenvalue weighted by Gasteiger charge is 2.19. The lowest BCUT2D eigenvalue weighted by Crippen LogP contribution is -2.37. The second kappa shape index (κ2) is 8.14. The smallest absolute Gasteiger partial charge is 0.261 e. The molecular weight excluding hydrogens is 350 g/mol. The minimum atomic E-state index is -0.573. The number of carbonyl (C=O) groups is 1. The summed E-state index contributed by atoms with van der Waals surface area (Å²) in [5.74, 6) is 1.38. The molecule has 0 bridgehead atoms. The summed E-state index contributed by atoms with van der Waals surface area (Å²) in [5.41, 5.74) is 2.20. The molecule has 1 atom stereocenters. The largest absolute Gasteiger partial charge is 0.481 e. The van der Waals surface area contributed by atoms with Crippen LogP contribution in [-0.2, 0) is 11.3 Å². The van der Waals surface area contributed by atoms with Gasteiger partial charge < -0.3 is 14.6 Å². The third-order valence-corrected chi connectivity index (χ3v) is 4.63. The molecule has 3 aromatic rings. The van der Waals surface area contributed by atoms with Gasteiger partial charge in [-0.3, -0.25) is 4.79 Å². The summed E-state index contributed by atoms with van der Waals surface area (Å²) in [6, 6.07) is 9.76. The lowest BCUT2D eigenvalue weighted by molar-refractivity contribution is -0.128. The number of nitrogens with zero attached hydrogens (tertiary/aromatic N) is 2. The van der Waals surface area contributed by atoms with Crippen LogP contribution in [0.5, 0.6) is 5.75 Å². The van der Waals surface area contributed by atoms with Gasteiger partial charge in [0.2, 0.25) is 11.7 Å². The van der Waals surface area contributed by atoms with Gasteiger partial charge in [0, 0.05) is 0 Å². The zero-order valence-electron chi connectivity index (χ0n) is 15.0. The molecule has 0 spiro atoms. The van der Waals surface area contributed by atoms with Crippen LogP contribution in [-0.4, -0.2) is 22.2 Å². The van der Waals surface area contributed by atoms with Gasteiger partial charge in [-0.25, -0.2) is 0 Å². The molecule has 0 aliphatic carbocycles. The summed E-state index contributed by atoms with van der Waals surface area (Å²) in [6.07, 6.45) is -0.0146. The maximum absolute atomic E-state index is 12.4. The Morgan fingerprint density at radius 2 is 2.08 bits per heavy atom. The third kappa shape index (κ3) is 4.49. The average Bonchev–Trinajstić information content (AvgIpc) is 3.27. The minimum Gasteiger partial charge on any atom is -0.481 e. The van der Waals surface area contributed by atoms with Crippen molar-refractivity contribution in [3.8, 4) is 16.5 Å². The fourth-order valence-corrected chi connectivity index (χ4v) is 3.25. The van der Waals surface area contributed by atoms with Gasteiger partial charge in [0.1, 0.15) is 5.75 Å². The van der Waals surface area contributed by atoms with Crippen LogP contribution in [0.1, 0.15) is 30.4 Å². The molecule has 1 amide bonds. The Kier molecular flexibility index (Phi) is 5.68. The van der Waals surface area contributed by atoms with Gasteiger partial charge in [0.25, 0.3) is 5.91 Å². The van der Waals surface area contributed by atoms with E-state index in [1.807, 2.05) is 50.4 Å². The summed E-state index contributed by atoms with van der Waals surface area (Å²) in [4.78, 5) is 17.7. The highest BCUT2D eigenvalue weighted by molar-refractivity contribution is 7.13. The number of carbonyl (C=O) groups excluding carboxylic acids is 1. The Morgan fingerprint density at radius 1 is 1.31 bits per heavy atom. The Balaban J connectivity index is 1.59. The first-order chi connectivity index (χ1) is 12.5. The van der Waals surface area contributed by atoms with Crippen molar-refractivity contribution in [2.24, 2.45) is 0 Å². The fourth-order valence-electron chi connectivity index (χ4n) is 2.60. The van der Waals surface area contributed by atoms with E-state index in [9.17, 15) is 4.79 Å². The van der Waals surface area contributed by atoms with Crippen molar-refractivity contribution in [3.63, 3.8) is 0 Å². The standard InChI is InChI=1S/C19H21N3O3S/c1-4-15(24-14-9-12(2)8-13(3)10-14)19(23)20-11-17-21-18(22-25-17)16-6-5-7-26-16/h5-10,15H,4,11H2,1-3H3,(H,20,23)/t15-/m0/s1. The SMILES string of the molecule is CC[C@H](Oc1cc(C)cc(C)c1)C(=O)NCc1nc(-c2cccs2)no1. The van der Waals surface area contributed by atoms with E-state index in [0.717, 1.165) is 16.0 Å². The normalized spacial score (nSPS) is 12.0. The molecule has 0 aliphatic rings. The number of hydrogen-bond acceptors (Lipinski definition) is 6. The molecule has 136 valence electrons. The lowest BCUT2D eigenvalue weighted by Gasteiger charge is -2.17. The van der Waals surface area contributed by atoms with Crippen LogP contribution in [0.25, 0.3) is 10.7 Å². The molecule has 0 saturated heterocycles. The van der Waals surface area contributed by atoms with Crippen LogP contribution in [0.3, 0.4) is 0 Å². The minimum absolute atomic E-state index is 0.171. The number of amides is 1. The number of aromatic nitrogens is 2. The number of nitrogens with one attached hydrogen (secondary N) is 1. The molecule has 0 radical (unpaired) electrons. The van der Waals surface area contributed by atoms with E-state index in [0.29, 0.717) is 23.9 Å². The van der Waals surface area contributed by atoms with Gasteiger partial charge in [-0.1, -0.05) is 24.2 Å². The molecule has 0 saturated carbocycles. The van der Waals surface area contributed by atoms with Gasteiger partial charge in [-0.05, 0) is 55.0 Å². The van der Waals surface area contributed by atoms with Crippen LogP contribution >= 0.6 is 11.3 Å². The third-order valence-electron chi connectivity index (χ3n) is 3.76. The molecule has 0 aliphatic heterocycles.